The number of aryl methyl sites for hydroxylation is 1. The van der Waals surface area contributed by atoms with Crippen molar-refractivity contribution in [3.63, 3.8) is 0 Å². The highest BCUT2D eigenvalue weighted by Gasteiger charge is 2.12. The highest BCUT2D eigenvalue weighted by molar-refractivity contribution is 5.76. The quantitative estimate of drug-likeness (QED) is 0.796. The Morgan fingerprint density at radius 1 is 1.33 bits per heavy atom. The van der Waals surface area contributed by atoms with Gasteiger partial charge in [-0.05, 0) is 37.1 Å². The van der Waals surface area contributed by atoms with Gasteiger partial charge in [-0.1, -0.05) is 18.5 Å². The van der Waals surface area contributed by atoms with E-state index in [1.807, 2.05) is 0 Å². The normalized spacial score (nSPS) is 10.6. The molecular formula is C16H19FN2O2. The van der Waals surface area contributed by atoms with E-state index in [2.05, 4.69) is 17.4 Å². The summed E-state index contributed by atoms with van der Waals surface area (Å²) in [5.74, 6) is 0.321. The molecule has 0 fully saturated rings. The van der Waals surface area contributed by atoms with E-state index in [1.54, 1.807) is 18.3 Å². The van der Waals surface area contributed by atoms with Crippen molar-refractivity contribution in [2.45, 2.75) is 32.6 Å². The number of hydrogen-bond donors (Lipinski definition) is 1. The molecule has 112 valence electrons. The summed E-state index contributed by atoms with van der Waals surface area (Å²) in [4.78, 5) is 11.7. The molecule has 1 heterocycles. The van der Waals surface area contributed by atoms with Crippen molar-refractivity contribution in [2.75, 3.05) is 6.54 Å². The Hall–Kier alpha value is -2.17. The van der Waals surface area contributed by atoms with Crippen LogP contribution in [0.5, 0.6) is 0 Å². The lowest BCUT2D eigenvalue weighted by Gasteiger charge is -2.04. The molecule has 1 N–H and O–H groups in total. The molecule has 2 aromatic rings. The van der Waals surface area contributed by atoms with Crippen LogP contribution in [0.15, 0.2) is 35.0 Å². The molecule has 0 saturated carbocycles. The van der Waals surface area contributed by atoms with Crippen LogP contribution >= 0.6 is 0 Å². The van der Waals surface area contributed by atoms with Crippen LogP contribution < -0.4 is 5.32 Å². The number of nitrogens with one attached hydrogen (secondary N) is 1. The fourth-order valence-corrected chi connectivity index (χ4v) is 2.02. The maximum atomic E-state index is 12.9. The summed E-state index contributed by atoms with van der Waals surface area (Å²) < 4.78 is 18.1. The largest absolute Gasteiger partial charge is 0.356 e. The zero-order valence-corrected chi connectivity index (χ0v) is 12.1. The van der Waals surface area contributed by atoms with Crippen LogP contribution in [0.25, 0.3) is 11.3 Å². The number of benzene rings is 1. The van der Waals surface area contributed by atoms with Crippen LogP contribution in [0, 0.1) is 5.82 Å². The van der Waals surface area contributed by atoms with Gasteiger partial charge in [-0.25, -0.2) is 4.39 Å². The van der Waals surface area contributed by atoms with E-state index >= 15 is 0 Å². The van der Waals surface area contributed by atoms with Crippen LogP contribution in [-0.4, -0.2) is 17.6 Å². The van der Waals surface area contributed by atoms with E-state index < -0.39 is 0 Å². The van der Waals surface area contributed by atoms with Crippen LogP contribution in [0.4, 0.5) is 4.39 Å². The van der Waals surface area contributed by atoms with E-state index in [4.69, 9.17) is 4.52 Å². The van der Waals surface area contributed by atoms with Crippen LogP contribution in [0.2, 0.25) is 0 Å². The molecule has 0 bridgehead atoms. The van der Waals surface area contributed by atoms with Crippen molar-refractivity contribution in [1.82, 2.24) is 10.5 Å². The van der Waals surface area contributed by atoms with Crippen molar-refractivity contribution in [3.05, 3.63) is 41.8 Å². The van der Waals surface area contributed by atoms with Crippen molar-refractivity contribution < 1.29 is 13.7 Å². The van der Waals surface area contributed by atoms with Gasteiger partial charge < -0.3 is 9.84 Å². The molecule has 0 saturated heterocycles. The number of amides is 1. The number of carbonyl (C=O) groups is 1. The van der Waals surface area contributed by atoms with Gasteiger partial charge in [0.2, 0.25) is 5.91 Å². The predicted molar refractivity (Wildman–Crippen MR) is 78.1 cm³/mol. The number of aromatic nitrogens is 1. The molecule has 21 heavy (non-hydrogen) atoms. The number of halogens is 1. The summed E-state index contributed by atoms with van der Waals surface area (Å²) in [5, 5.41) is 6.65. The molecule has 1 aromatic heterocycles. The summed E-state index contributed by atoms with van der Waals surface area (Å²) in [7, 11) is 0. The van der Waals surface area contributed by atoms with E-state index in [-0.39, 0.29) is 11.7 Å². The number of nitrogens with zero attached hydrogens (tertiary/aromatic N) is 1. The van der Waals surface area contributed by atoms with E-state index in [1.165, 1.54) is 12.1 Å². The molecule has 0 unspecified atom stereocenters. The average molecular weight is 290 g/mol. The van der Waals surface area contributed by atoms with Gasteiger partial charge in [-0.3, -0.25) is 4.79 Å². The summed E-state index contributed by atoms with van der Waals surface area (Å²) in [6, 6.07) is 6.03. The van der Waals surface area contributed by atoms with Crippen molar-refractivity contribution in [3.8, 4) is 11.3 Å². The molecule has 1 aromatic carbocycles. The van der Waals surface area contributed by atoms with Gasteiger partial charge in [0.05, 0.1) is 6.20 Å². The molecule has 0 atom stereocenters. The minimum atomic E-state index is -0.296. The molecule has 4 nitrogen and oxygen atoms in total. The van der Waals surface area contributed by atoms with Gasteiger partial charge in [0.15, 0.2) is 5.76 Å². The molecule has 0 aliphatic carbocycles. The third-order valence-electron chi connectivity index (χ3n) is 3.22. The lowest BCUT2D eigenvalue weighted by molar-refractivity contribution is -0.121. The topological polar surface area (TPSA) is 55.1 Å². The SMILES string of the molecule is CCCCNC(=O)CCc1cnoc1-c1ccc(F)cc1. The molecule has 0 aliphatic heterocycles. The minimum absolute atomic E-state index is 0.0229. The zero-order chi connectivity index (χ0) is 15.1. The second kappa shape index (κ2) is 7.57. The van der Waals surface area contributed by atoms with Gasteiger partial charge in [-0.15, -0.1) is 0 Å². The van der Waals surface area contributed by atoms with E-state index in [9.17, 15) is 9.18 Å². The third-order valence-corrected chi connectivity index (χ3v) is 3.22. The first-order valence-corrected chi connectivity index (χ1v) is 7.17. The first kappa shape index (κ1) is 15.2. The Morgan fingerprint density at radius 2 is 2.10 bits per heavy atom. The summed E-state index contributed by atoms with van der Waals surface area (Å²) >= 11 is 0. The van der Waals surface area contributed by atoms with Gasteiger partial charge in [0, 0.05) is 24.1 Å². The molecule has 5 heteroatoms. The maximum Gasteiger partial charge on any atom is 0.220 e. The highest BCUT2D eigenvalue weighted by atomic mass is 19.1. The second-order valence-electron chi connectivity index (χ2n) is 4.89. The van der Waals surface area contributed by atoms with Crippen molar-refractivity contribution in [2.24, 2.45) is 0 Å². The highest BCUT2D eigenvalue weighted by Crippen LogP contribution is 2.24. The predicted octanol–water partition coefficient (Wildman–Crippen LogP) is 3.33. The maximum absolute atomic E-state index is 12.9. The first-order valence-electron chi connectivity index (χ1n) is 7.17. The fraction of sp³-hybridized carbons (Fsp3) is 0.375. The van der Waals surface area contributed by atoms with Crippen LogP contribution in [0.1, 0.15) is 31.7 Å². The van der Waals surface area contributed by atoms with Crippen LogP contribution in [-0.2, 0) is 11.2 Å². The Morgan fingerprint density at radius 3 is 2.81 bits per heavy atom. The number of carbonyl (C=O) groups excluding carboxylic acids is 1. The molecule has 1 amide bonds. The standard InChI is InChI=1S/C16H19FN2O2/c1-2-3-10-18-15(20)9-6-13-11-19-21-16(13)12-4-7-14(17)8-5-12/h4-5,7-8,11H,2-3,6,9-10H2,1H3,(H,18,20). The molecule has 0 radical (unpaired) electrons. The first-order chi connectivity index (χ1) is 10.2. The van der Waals surface area contributed by atoms with Crippen LogP contribution in [0.3, 0.4) is 0 Å². The average Bonchev–Trinajstić information content (AvgIpc) is 2.95. The van der Waals surface area contributed by atoms with E-state index in [0.29, 0.717) is 25.1 Å². The molecular weight excluding hydrogens is 271 g/mol. The summed E-state index contributed by atoms with van der Waals surface area (Å²) in [6.45, 7) is 2.79. The third kappa shape index (κ3) is 4.41. The molecule has 0 spiro atoms. The summed E-state index contributed by atoms with van der Waals surface area (Å²) in [5.41, 5.74) is 1.61. The smallest absolute Gasteiger partial charge is 0.220 e. The number of hydrogen-bond acceptors (Lipinski definition) is 3. The van der Waals surface area contributed by atoms with Gasteiger partial charge in [0.25, 0.3) is 0 Å². The van der Waals surface area contributed by atoms with Crippen molar-refractivity contribution in [1.29, 1.82) is 0 Å². The van der Waals surface area contributed by atoms with Crippen molar-refractivity contribution >= 4 is 5.91 Å². The Labute approximate surface area is 123 Å². The zero-order valence-electron chi connectivity index (χ0n) is 12.1. The fourth-order valence-electron chi connectivity index (χ4n) is 2.02. The van der Waals surface area contributed by atoms with Gasteiger partial charge in [-0.2, -0.15) is 0 Å². The Kier molecular flexibility index (Phi) is 5.49. The van der Waals surface area contributed by atoms with E-state index in [0.717, 1.165) is 24.0 Å². The second-order valence-corrected chi connectivity index (χ2v) is 4.89. The molecule has 2 rings (SSSR count). The summed E-state index contributed by atoms with van der Waals surface area (Å²) in [6.07, 6.45) is 4.59. The number of unbranched alkanes of at least 4 members (excludes halogenated alkanes) is 1. The monoisotopic (exact) mass is 290 g/mol. The van der Waals surface area contributed by atoms with Gasteiger partial charge in [0.1, 0.15) is 5.82 Å². The van der Waals surface area contributed by atoms with Gasteiger partial charge >= 0.3 is 0 Å². The lowest BCUT2D eigenvalue weighted by Crippen LogP contribution is -2.24. The molecule has 0 aliphatic rings. The minimum Gasteiger partial charge on any atom is -0.356 e. The number of rotatable bonds is 7. The Balaban J connectivity index is 1.94. The Bertz CT molecular complexity index is 578. The lowest BCUT2D eigenvalue weighted by atomic mass is 10.1.